The molecule has 0 aliphatic heterocycles. The highest BCUT2D eigenvalue weighted by molar-refractivity contribution is 14.1. The van der Waals surface area contributed by atoms with E-state index in [9.17, 15) is 17.6 Å². The van der Waals surface area contributed by atoms with Gasteiger partial charge in [-0.25, -0.2) is 8.78 Å². The molecule has 0 bridgehead atoms. The SMILES string of the molecule is CC(F)(F)C(I)=C(F)F. The Kier molecular flexibility index (Phi) is 2.91. The monoisotopic (exact) mass is 254 g/mol. The van der Waals surface area contributed by atoms with Gasteiger partial charge < -0.3 is 0 Å². The number of allylic oxidation sites excluding steroid dienone is 1. The summed E-state index contributed by atoms with van der Waals surface area (Å²) in [4.78, 5) is 0. The first-order valence-electron chi connectivity index (χ1n) is 1.94. The largest absolute Gasteiger partial charge is 0.285 e. The van der Waals surface area contributed by atoms with Gasteiger partial charge in [-0.1, -0.05) is 0 Å². The van der Waals surface area contributed by atoms with E-state index in [0.717, 1.165) is 22.6 Å². The molecular weight excluding hydrogens is 251 g/mol. The first-order chi connectivity index (χ1) is 3.85. The molecule has 0 aromatic rings. The van der Waals surface area contributed by atoms with Crippen LogP contribution in [0.4, 0.5) is 17.6 Å². The Labute approximate surface area is 63.1 Å². The topological polar surface area (TPSA) is 0 Å². The van der Waals surface area contributed by atoms with E-state index >= 15 is 0 Å². The molecule has 0 aromatic carbocycles. The average molecular weight is 254 g/mol. The van der Waals surface area contributed by atoms with Gasteiger partial charge in [0.15, 0.2) is 0 Å². The van der Waals surface area contributed by atoms with Gasteiger partial charge in [0.05, 0.1) is 0 Å². The summed E-state index contributed by atoms with van der Waals surface area (Å²) in [5, 5.41) is 0. The van der Waals surface area contributed by atoms with Crippen LogP contribution in [0.25, 0.3) is 0 Å². The van der Waals surface area contributed by atoms with E-state index in [1.165, 1.54) is 0 Å². The van der Waals surface area contributed by atoms with Crippen molar-refractivity contribution in [3.05, 3.63) is 9.66 Å². The van der Waals surface area contributed by atoms with Crippen LogP contribution < -0.4 is 0 Å². The maximum Gasteiger partial charge on any atom is 0.285 e. The molecule has 0 atom stereocenters. The molecule has 0 radical (unpaired) electrons. The van der Waals surface area contributed by atoms with Crippen molar-refractivity contribution in [3.63, 3.8) is 0 Å². The molecule has 9 heavy (non-hydrogen) atoms. The van der Waals surface area contributed by atoms with Crippen molar-refractivity contribution in [2.45, 2.75) is 12.8 Å². The zero-order chi connectivity index (χ0) is 7.65. The van der Waals surface area contributed by atoms with Crippen LogP contribution in [0.2, 0.25) is 0 Å². The van der Waals surface area contributed by atoms with Gasteiger partial charge in [0.1, 0.15) is 3.58 Å². The predicted molar refractivity (Wildman–Crippen MR) is 33.9 cm³/mol. The van der Waals surface area contributed by atoms with Gasteiger partial charge in [0, 0.05) is 6.92 Å². The Morgan fingerprint density at radius 2 is 1.67 bits per heavy atom. The zero-order valence-corrected chi connectivity index (χ0v) is 6.55. The van der Waals surface area contributed by atoms with Gasteiger partial charge in [0.2, 0.25) is 0 Å². The van der Waals surface area contributed by atoms with Gasteiger partial charge >= 0.3 is 0 Å². The van der Waals surface area contributed by atoms with Crippen LogP contribution in [0, 0.1) is 0 Å². The summed E-state index contributed by atoms with van der Waals surface area (Å²) in [5.74, 6) is -3.40. The first-order valence-corrected chi connectivity index (χ1v) is 3.02. The van der Waals surface area contributed by atoms with Crippen molar-refractivity contribution in [3.8, 4) is 0 Å². The van der Waals surface area contributed by atoms with Crippen LogP contribution in [0.3, 0.4) is 0 Å². The summed E-state index contributed by atoms with van der Waals surface area (Å²) in [5.41, 5.74) is 0. The second-order valence-corrected chi connectivity index (χ2v) is 2.54. The number of hydrogen-bond donors (Lipinski definition) is 0. The highest BCUT2D eigenvalue weighted by Gasteiger charge is 2.29. The van der Waals surface area contributed by atoms with Crippen molar-refractivity contribution in [2.24, 2.45) is 0 Å². The molecule has 0 amide bonds. The summed E-state index contributed by atoms with van der Waals surface area (Å²) < 4.78 is 45.1. The molecular formula is C4H3F4I. The van der Waals surface area contributed by atoms with Crippen molar-refractivity contribution < 1.29 is 17.6 Å². The second-order valence-electron chi connectivity index (χ2n) is 1.46. The third-order valence-electron chi connectivity index (χ3n) is 0.551. The van der Waals surface area contributed by atoms with E-state index in [4.69, 9.17) is 0 Å². The molecule has 0 saturated carbocycles. The number of alkyl halides is 2. The number of hydrogen-bond acceptors (Lipinski definition) is 0. The lowest BCUT2D eigenvalue weighted by atomic mass is 10.4. The van der Waals surface area contributed by atoms with Crippen molar-refractivity contribution in [2.75, 3.05) is 0 Å². The smallest absolute Gasteiger partial charge is 0.201 e. The molecule has 0 spiro atoms. The third kappa shape index (κ3) is 3.02. The van der Waals surface area contributed by atoms with Crippen molar-refractivity contribution in [1.82, 2.24) is 0 Å². The maximum absolute atomic E-state index is 11.8. The summed E-state index contributed by atoms with van der Waals surface area (Å²) >= 11 is 0.918. The molecule has 0 aromatic heterocycles. The molecule has 0 aliphatic carbocycles. The lowest BCUT2D eigenvalue weighted by Crippen LogP contribution is -2.09. The third-order valence-corrected chi connectivity index (χ3v) is 1.91. The fourth-order valence-corrected chi connectivity index (χ4v) is 0.166. The Morgan fingerprint density at radius 3 is 1.67 bits per heavy atom. The fraction of sp³-hybridized carbons (Fsp3) is 0.500. The van der Waals surface area contributed by atoms with E-state index in [-0.39, 0.29) is 0 Å². The van der Waals surface area contributed by atoms with Crippen LogP contribution in [0.5, 0.6) is 0 Å². The minimum absolute atomic E-state index is 0.425. The molecule has 0 fully saturated rings. The second kappa shape index (κ2) is 2.85. The van der Waals surface area contributed by atoms with Gasteiger partial charge in [-0.15, -0.1) is 0 Å². The first kappa shape index (κ1) is 9.19. The molecule has 0 heterocycles. The minimum atomic E-state index is -3.40. The Bertz CT molecular complexity index is 130. The van der Waals surface area contributed by atoms with Crippen molar-refractivity contribution in [1.29, 1.82) is 0 Å². The maximum atomic E-state index is 11.8. The molecule has 0 rings (SSSR count). The van der Waals surface area contributed by atoms with Gasteiger partial charge in [0.25, 0.3) is 12.0 Å². The lowest BCUT2D eigenvalue weighted by molar-refractivity contribution is 0.0700. The van der Waals surface area contributed by atoms with Gasteiger partial charge in [-0.05, 0) is 22.6 Å². The molecule has 0 N–H and O–H groups in total. The summed E-state index contributed by atoms with van der Waals surface area (Å²) in [6.07, 6.45) is -2.32. The standard InChI is InChI=1S/C4H3F4I/c1-4(7,8)2(9)3(5)6/h1H3. The Morgan fingerprint density at radius 1 is 1.33 bits per heavy atom. The van der Waals surface area contributed by atoms with E-state index in [2.05, 4.69) is 0 Å². The van der Waals surface area contributed by atoms with E-state index in [1.807, 2.05) is 0 Å². The summed E-state index contributed by atoms with van der Waals surface area (Å²) in [6.45, 7) is 0.425. The highest BCUT2D eigenvalue weighted by atomic mass is 127. The van der Waals surface area contributed by atoms with E-state index < -0.39 is 15.6 Å². The van der Waals surface area contributed by atoms with E-state index in [0.29, 0.717) is 6.92 Å². The van der Waals surface area contributed by atoms with Crippen LogP contribution in [0.1, 0.15) is 6.92 Å². The summed E-state index contributed by atoms with van der Waals surface area (Å²) in [6, 6.07) is 0. The molecule has 54 valence electrons. The molecule has 0 aliphatic rings. The van der Waals surface area contributed by atoms with Crippen LogP contribution >= 0.6 is 22.6 Å². The molecule has 0 nitrogen and oxygen atoms in total. The van der Waals surface area contributed by atoms with Gasteiger partial charge in [-0.3, -0.25) is 0 Å². The molecule has 5 heteroatoms. The highest BCUT2D eigenvalue weighted by Crippen LogP contribution is 2.32. The Hall–Kier alpha value is 0.190. The minimum Gasteiger partial charge on any atom is -0.201 e. The number of rotatable bonds is 1. The zero-order valence-electron chi connectivity index (χ0n) is 4.39. The van der Waals surface area contributed by atoms with Crippen LogP contribution in [0.15, 0.2) is 9.66 Å². The average Bonchev–Trinajstić information content (AvgIpc) is 1.62. The predicted octanol–water partition coefficient (Wildman–Crippen LogP) is 3.18. The van der Waals surface area contributed by atoms with Crippen LogP contribution in [-0.4, -0.2) is 5.92 Å². The molecule has 0 saturated heterocycles. The number of halogens is 5. The fourth-order valence-electron chi connectivity index (χ4n) is 0.166. The Balaban J connectivity index is 4.40. The molecule has 0 unspecified atom stereocenters. The van der Waals surface area contributed by atoms with Crippen molar-refractivity contribution >= 4 is 22.6 Å². The quantitative estimate of drug-likeness (QED) is 0.498. The summed E-state index contributed by atoms with van der Waals surface area (Å²) in [7, 11) is 0. The van der Waals surface area contributed by atoms with Gasteiger partial charge in [-0.2, -0.15) is 8.78 Å². The lowest BCUT2D eigenvalue weighted by Gasteiger charge is -2.05. The normalized spacial score (nSPS) is 11.3. The van der Waals surface area contributed by atoms with Crippen LogP contribution in [-0.2, 0) is 0 Å². The van der Waals surface area contributed by atoms with E-state index in [1.54, 1.807) is 0 Å².